The molecule has 0 bridgehead atoms. The minimum absolute atomic E-state index is 0.374. The number of hydrogen-bond acceptors (Lipinski definition) is 2. The molecule has 0 amide bonds. The number of aliphatic hydroxyl groups is 1. The summed E-state index contributed by atoms with van der Waals surface area (Å²) in [4.78, 5) is 0. The van der Waals surface area contributed by atoms with Gasteiger partial charge in [0.2, 0.25) is 0 Å². The van der Waals surface area contributed by atoms with Crippen molar-refractivity contribution in [2.75, 3.05) is 13.2 Å². The Balaban J connectivity index is 2.67. The largest absolute Gasteiger partial charge is 0.411 e. The van der Waals surface area contributed by atoms with Crippen molar-refractivity contribution in [2.45, 2.75) is 26.1 Å². The molecule has 0 aliphatic carbocycles. The molecule has 0 aliphatic heterocycles. The average Bonchev–Trinajstić information content (AvgIpc) is 2.21. The summed E-state index contributed by atoms with van der Waals surface area (Å²) >= 11 is 3.35. The number of benzene rings is 1. The normalized spacial score (nSPS) is 13.7. The van der Waals surface area contributed by atoms with Crippen molar-refractivity contribution in [1.29, 1.82) is 0 Å². The van der Waals surface area contributed by atoms with Crippen molar-refractivity contribution in [2.24, 2.45) is 0 Å². The predicted molar refractivity (Wildman–Crippen MR) is 65.4 cm³/mol. The molecule has 0 aromatic heterocycles. The van der Waals surface area contributed by atoms with E-state index in [-0.39, 0.29) is 6.61 Å². The van der Waals surface area contributed by atoms with Crippen molar-refractivity contribution in [3.63, 3.8) is 0 Å². The Morgan fingerprint density at radius 2 is 1.89 bits per heavy atom. The van der Waals surface area contributed by atoms with E-state index in [0.29, 0.717) is 5.56 Å². The SMILES string of the molecule is Cc1cc(C(O)COCC(F)(F)F)c(C)cc1Br. The molecule has 0 aliphatic rings. The van der Waals surface area contributed by atoms with E-state index in [2.05, 4.69) is 20.7 Å². The lowest BCUT2D eigenvalue weighted by Gasteiger charge is -2.16. The molecule has 1 unspecified atom stereocenters. The van der Waals surface area contributed by atoms with E-state index in [1.54, 1.807) is 13.0 Å². The maximum Gasteiger partial charge on any atom is 0.411 e. The van der Waals surface area contributed by atoms with Gasteiger partial charge in [-0.15, -0.1) is 0 Å². The first-order chi connectivity index (χ1) is 8.20. The number of rotatable bonds is 4. The fourth-order valence-electron chi connectivity index (χ4n) is 1.54. The van der Waals surface area contributed by atoms with Gasteiger partial charge in [0.25, 0.3) is 0 Å². The maximum absolute atomic E-state index is 11.9. The quantitative estimate of drug-likeness (QED) is 0.914. The fourth-order valence-corrected chi connectivity index (χ4v) is 2.00. The summed E-state index contributed by atoms with van der Waals surface area (Å²) in [7, 11) is 0. The molecule has 0 saturated carbocycles. The lowest BCUT2D eigenvalue weighted by Crippen LogP contribution is -2.20. The summed E-state index contributed by atoms with van der Waals surface area (Å²) in [6, 6.07) is 3.55. The molecule has 1 aromatic carbocycles. The zero-order valence-corrected chi connectivity index (χ0v) is 11.6. The van der Waals surface area contributed by atoms with Crippen molar-refractivity contribution < 1.29 is 23.0 Å². The van der Waals surface area contributed by atoms with Crippen LogP contribution in [0.4, 0.5) is 13.2 Å². The van der Waals surface area contributed by atoms with Crippen molar-refractivity contribution in [3.05, 3.63) is 33.3 Å². The number of hydrogen-bond donors (Lipinski definition) is 1. The molecular formula is C12H14BrF3O2. The van der Waals surface area contributed by atoms with Gasteiger partial charge in [-0.1, -0.05) is 22.0 Å². The Kier molecular flexibility index (Phi) is 5.19. The first-order valence-electron chi connectivity index (χ1n) is 5.30. The Morgan fingerprint density at radius 1 is 1.28 bits per heavy atom. The highest BCUT2D eigenvalue weighted by Gasteiger charge is 2.28. The monoisotopic (exact) mass is 326 g/mol. The standard InChI is InChI=1S/C12H14BrF3O2/c1-7-4-10(13)8(2)3-9(7)11(17)5-18-6-12(14,15)16/h3-4,11,17H,5-6H2,1-2H3. The van der Waals surface area contributed by atoms with Crippen LogP contribution in [-0.2, 0) is 4.74 Å². The number of ether oxygens (including phenoxy) is 1. The van der Waals surface area contributed by atoms with E-state index >= 15 is 0 Å². The highest BCUT2D eigenvalue weighted by atomic mass is 79.9. The van der Waals surface area contributed by atoms with Crippen LogP contribution in [0.3, 0.4) is 0 Å². The molecule has 0 fully saturated rings. The second-order valence-electron chi connectivity index (χ2n) is 4.10. The molecule has 18 heavy (non-hydrogen) atoms. The average molecular weight is 327 g/mol. The van der Waals surface area contributed by atoms with E-state index in [9.17, 15) is 18.3 Å². The summed E-state index contributed by atoms with van der Waals surface area (Å²) in [5, 5.41) is 9.81. The van der Waals surface area contributed by atoms with Gasteiger partial charge < -0.3 is 9.84 Å². The molecule has 0 radical (unpaired) electrons. The van der Waals surface area contributed by atoms with Gasteiger partial charge in [0.1, 0.15) is 12.7 Å². The summed E-state index contributed by atoms with van der Waals surface area (Å²) in [5.74, 6) is 0. The molecule has 2 nitrogen and oxygen atoms in total. The summed E-state index contributed by atoms with van der Waals surface area (Å²) in [6.07, 6.45) is -5.43. The lowest BCUT2D eigenvalue weighted by molar-refractivity contribution is -0.179. The smallest absolute Gasteiger partial charge is 0.386 e. The van der Waals surface area contributed by atoms with Gasteiger partial charge in [-0.2, -0.15) is 13.2 Å². The Bertz CT molecular complexity index is 419. The van der Waals surface area contributed by atoms with Crippen molar-refractivity contribution >= 4 is 15.9 Å². The first kappa shape index (κ1) is 15.5. The van der Waals surface area contributed by atoms with Crippen LogP contribution in [0.2, 0.25) is 0 Å². The molecule has 1 aromatic rings. The molecular weight excluding hydrogens is 313 g/mol. The number of alkyl halides is 3. The maximum atomic E-state index is 11.9. The molecule has 6 heteroatoms. The van der Waals surface area contributed by atoms with E-state index in [4.69, 9.17) is 0 Å². The minimum atomic E-state index is -4.37. The summed E-state index contributed by atoms with van der Waals surface area (Å²) in [5.41, 5.74) is 2.29. The Labute approximate surface area is 112 Å². The van der Waals surface area contributed by atoms with Crippen LogP contribution in [0, 0.1) is 13.8 Å². The van der Waals surface area contributed by atoms with Crippen LogP contribution in [-0.4, -0.2) is 24.5 Å². The van der Waals surface area contributed by atoms with Gasteiger partial charge in [0, 0.05) is 4.47 Å². The molecule has 0 spiro atoms. The molecule has 1 N–H and O–H groups in total. The van der Waals surface area contributed by atoms with E-state index in [0.717, 1.165) is 15.6 Å². The van der Waals surface area contributed by atoms with Gasteiger partial charge >= 0.3 is 6.18 Å². The zero-order chi connectivity index (χ0) is 13.9. The topological polar surface area (TPSA) is 29.5 Å². The number of aliphatic hydroxyl groups excluding tert-OH is 1. The third-order valence-electron chi connectivity index (χ3n) is 2.45. The van der Waals surface area contributed by atoms with Gasteiger partial charge in [0.05, 0.1) is 6.61 Å². The highest BCUT2D eigenvalue weighted by molar-refractivity contribution is 9.10. The second-order valence-corrected chi connectivity index (χ2v) is 4.96. The van der Waals surface area contributed by atoms with Gasteiger partial charge in [-0.05, 0) is 36.6 Å². The van der Waals surface area contributed by atoms with Crippen LogP contribution in [0.15, 0.2) is 16.6 Å². The molecule has 102 valence electrons. The van der Waals surface area contributed by atoms with E-state index in [1.807, 2.05) is 13.0 Å². The molecule has 1 atom stereocenters. The van der Waals surface area contributed by atoms with Crippen LogP contribution < -0.4 is 0 Å². The van der Waals surface area contributed by atoms with Gasteiger partial charge in [0.15, 0.2) is 0 Å². The van der Waals surface area contributed by atoms with Crippen LogP contribution in [0.1, 0.15) is 22.8 Å². The Morgan fingerprint density at radius 3 is 2.44 bits per heavy atom. The van der Waals surface area contributed by atoms with E-state index < -0.39 is 18.9 Å². The van der Waals surface area contributed by atoms with Crippen LogP contribution >= 0.6 is 15.9 Å². The second kappa shape index (κ2) is 6.04. The van der Waals surface area contributed by atoms with Crippen LogP contribution in [0.25, 0.3) is 0 Å². The van der Waals surface area contributed by atoms with E-state index in [1.165, 1.54) is 0 Å². The molecule has 0 saturated heterocycles. The minimum Gasteiger partial charge on any atom is -0.386 e. The zero-order valence-electron chi connectivity index (χ0n) is 10.0. The first-order valence-corrected chi connectivity index (χ1v) is 6.09. The molecule has 0 heterocycles. The number of aryl methyl sites for hydroxylation is 2. The predicted octanol–water partition coefficient (Wildman–Crippen LogP) is 3.68. The summed E-state index contributed by atoms with van der Waals surface area (Å²) in [6.45, 7) is 1.91. The fraction of sp³-hybridized carbons (Fsp3) is 0.500. The van der Waals surface area contributed by atoms with Crippen molar-refractivity contribution in [1.82, 2.24) is 0 Å². The third-order valence-corrected chi connectivity index (χ3v) is 3.30. The number of halogens is 4. The van der Waals surface area contributed by atoms with Crippen LogP contribution in [0.5, 0.6) is 0 Å². The van der Waals surface area contributed by atoms with Gasteiger partial charge in [-0.25, -0.2) is 0 Å². The summed E-state index contributed by atoms with van der Waals surface area (Å²) < 4.78 is 41.0. The van der Waals surface area contributed by atoms with Gasteiger partial charge in [-0.3, -0.25) is 0 Å². The van der Waals surface area contributed by atoms with Crippen molar-refractivity contribution in [3.8, 4) is 0 Å². The lowest BCUT2D eigenvalue weighted by atomic mass is 10.0. The third kappa shape index (κ3) is 4.59. The molecule has 1 rings (SSSR count). The highest BCUT2D eigenvalue weighted by Crippen LogP contribution is 2.26. The Hall–Kier alpha value is -0.590.